The molecule has 0 saturated heterocycles. The summed E-state index contributed by atoms with van der Waals surface area (Å²) in [5, 5.41) is 4.19. The molecule has 0 aliphatic carbocycles. The molecule has 2 aromatic heterocycles. The third kappa shape index (κ3) is 4.85. The van der Waals surface area contributed by atoms with Gasteiger partial charge in [-0.1, -0.05) is 50.2 Å². The molecule has 0 amide bonds. The zero-order valence-corrected chi connectivity index (χ0v) is 18.6. The second kappa shape index (κ2) is 9.62. The highest BCUT2D eigenvalue weighted by Crippen LogP contribution is 2.36. The number of rotatable bonds is 8. The number of likely N-dealkylation sites (N-methyl/N-ethyl adjacent to an activating group) is 1. The molecule has 2 heterocycles. The molecule has 1 N–H and O–H groups in total. The first-order valence-electron chi connectivity index (χ1n) is 11.0. The summed E-state index contributed by atoms with van der Waals surface area (Å²) in [7, 11) is 0. The third-order valence-corrected chi connectivity index (χ3v) is 5.73. The lowest BCUT2D eigenvalue weighted by atomic mass is 10.1. The second-order valence-corrected chi connectivity index (χ2v) is 7.70. The van der Waals surface area contributed by atoms with E-state index >= 15 is 0 Å². The molecule has 0 atom stereocenters. The van der Waals surface area contributed by atoms with Crippen LogP contribution in [0.2, 0.25) is 0 Å². The standard InChI is InChI=1S/C25H26F3N5/c1-3-32(4-2)14-13-29-23-22-21(18-9-6-5-7-10-18)16-33(24(22)31-17-30-23)20-12-8-11-19(15-20)25(26,27)28/h5-12,15-17H,3-4,13-14H2,1-2H3,(H,29,30,31). The highest BCUT2D eigenvalue weighted by Gasteiger charge is 2.30. The monoisotopic (exact) mass is 453 g/mol. The fourth-order valence-corrected chi connectivity index (χ4v) is 3.93. The van der Waals surface area contributed by atoms with Crippen LogP contribution in [-0.2, 0) is 6.18 Å². The van der Waals surface area contributed by atoms with E-state index in [2.05, 4.69) is 34.0 Å². The van der Waals surface area contributed by atoms with Gasteiger partial charge < -0.3 is 14.8 Å². The van der Waals surface area contributed by atoms with E-state index in [9.17, 15) is 13.2 Å². The Kier molecular flexibility index (Phi) is 6.65. The molecular weight excluding hydrogens is 427 g/mol. The summed E-state index contributed by atoms with van der Waals surface area (Å²) in [5.41, 5.74) is 2.04. The lowest BCUT2D eigenvalue weighted by Crippen LogP contribution is -2.28. The van der Waals surface area contributed by atoms with Crippen LogP contribution >= 0.6 is 0 Å². The molecule has 4 aromatic rings. The van der Waals surface area contributed by atoms with Crippen LogP contribution in [0.15, 0.2) is 67.1 Å². The molecule has 0 radical (unpaired) electrons. The molecule has 4 rings (SSSR count). The number of nitrogens with zero attached hydrogens (tertiary/aromatic N) is 4. The number of benzene rings is 2. The summed E-state index contributed by atoms with van der Waals surface area (Å²) in [6, 6.07) is 15.0. The van der Waals surface area contributed by atoms with Crippen molar-refractivity contribution < 1.29 is 13.2 Å². The van der Waals surface area contributed by atoms with Gasteiger partial charge in [0.05, 0.1) is 10.9 Å². The Bertz CT molecular complexity index is 1210. The largest absolute Gasteiger partial charge is 0.416 e. The maximum Gasteiger partial charge on any atom is 0.416 e. The van der Waals surface area contributed by atoms with Gasteiger partial charge >= 0.3 is 6.18 Å². The summed E-state index contributed by atoms with van der Waals surface area (Å²) in [6.45, 7) is 7.70. The number of nitrogens with one attached hydrogen (secondary N) is 1. The topological polar surface area (TPSA) is 46.0 Å². The predicted molar refractivity (Wildman–Crippen MR) is 126 cm³/mol. The fraction of sp³-hybridized carbons (Fsp3) is 0.280. The van der Waals surface area contributed by atoms with Crippen LogP contribution in [0.25, 0.3) is 27.8 Å². The van der Waals surface area contributed by atoms with E-state index in [-0.39, 0.29) is 0 Å². The molecule has 0 fully saturated rings. The van der Waals surface area contributed by atoms with Crippen molar-refractivity contribution in [2.75, 3.05) is 31.5 Å². The highest BCUT2D eigenvalue weighted by molar-refractivity contribution is 6.02. The second-order valence-electron chi connectivity index (χ2n) is 7.70. The third-order valence-electron chi connectivity index (χ3n) is 5.73. The molecule has 5 nitrogen and oxygen atoms in total. The number of hydrogen-bond donors (Lipinski definition) is 1. The van der Waals surface area contributed by atoms with Crippen LogP contribution in [0, 0.1) is 0 Å². The minimum absolute atomic E-state index is 0.393. The number of alkyl halides is 3. The minimum Gasteiger partial charge on any atom is -0.368 e. The Hall–Kier alpha value is -3.39. The van der Waals surface area contributed by atoms with Crippen LogP contribution < -0.4 is 5.32 Å². The summed E-state index contributed by atoms with van der Waals surface area (Å²) in [4.78, 5) is 11.2. The van der Waals surface area contributed by atoms with Gasteiger partial charge in [0.25, 0.3) is 0 Å². The molecule has 0 bridgehead atoms. The Labute approximate surface area is 190 Å². The SMILES string of the molecule is CCN(CC)CCNc1ncnc2c1c(-c1ccccc1)cn2-c1cccc(C(F)(F)F)c1. The molecule has 0 aliphatic rings. The number of anilines is 1. The van der Waals surface area contributed by atoms with Gasteiger partial charge in [0.1, 0.15) is 12.1 Å². The van der Waals surface area contributed by atoms with Gasteiger partial charge in [-0.25, -0.2) is 9.97 Å². The van der Waals surface area contributed by atoms with Crippen LogP contribution in [-0.4, -0.2) is 45.6 Å². The van der Waals surface area contributed by atoms with Crippen molar-refractivity contribution in [3.63, 3.8) is 0 Å². The summed E-state index contributed by atoms with van der Waals surface area (Å²) >= 11 is 0. The van der Waals surface area contributed by atoms with E-state index in [1.807, 2.05) is 36.5 Å². The Morgan fingerprint density at radius 3 is 2.42 bits per heavy atom. The number of aromatic nitrogens is 3. The fourth-order valence-electron chi connectivity index (χ4n) is 3.93. The van der Waals surface area contributed by atoms with Crippen molar-refractivity contribution in [3.8, 4) is 16.8 Å². The maximum atomic E-state index is 13.3. The molecule has 0 aliphatic heterocycles. The predicted octanol–water partition coefficient (Wildman–Crippen LogP) is 5.86. The van der Waals surface area contributed by atoms with E-state index in [0.717, 1.165) is 48.3 Å². The van der Waals surface area contributed by atoms with Gasteiger partial charge in [0.2, 0.25) is 0 Å². The van der Waals surface area contributed by atoms with Crippen molar-refractivity contribution in [3.05, 3.63) is 72.7 Å². The van der Waals surface area contributed by atoms with Crippen molar-refractivity contribution in [2.24, 2.45) is 0 Å². The van der Waals surface area contributed by atoms with E-state index in [1.54, 1.807) is 10.6 Å². The zero-order chi connectivity index (χ0) is 23.4. The van der Waals surface area contributed by atoms with Crippen LogP contribution in [0.5, 0.6) is 0 Å². The van der Waals surface area contributed by atoms with Crippen molar-refractivity contribution in [1.29, 1.82) is 0 Å². The average molecular weight is 454 g/mol. The lowest BCUT2D eigenvalue weighted by Gasteiger charge is -2.18. The van der Waals surface area contributed by atoms with E-state index in [4.69, 9.17) is 0 Å². The van der Waals surface area contributed by atoms with Crippen LogP contribution in [0.3, 0.4) is 0 Å². The molecule has 0 spiro atoms. The van der Waals surface area contributed by atoms with Crippen molar-refractivity contribution in [1.82, 2.24) is 19.4 Å². The molecule has 0 unspecified atom stereocenters. The molecule has 172 valence electrons. The number of hydrogen-bond acceptors (Lipinski definition) is 4. The number of fused-ring (bicyclic) bond motifs is 1. The Morgan fingerprint density at radius 2 is 1.73 bits per heavy atom. The molecular formula is C25H26F3N5. The van der Waals surface area contributed by atoms with Gasteiger partial charge in [-0.3, -0.25) is 0 Å². The van der Waals surface area contributed by atoms with Crippen LogP contribution in [0.4, 0.5) is 19.0 Å². The summed E-state index contributed by atoms with van der Waals surface area (Å²) in [5.74, 6) is 0.664. The lowest BCUT2D eigenvalue weighted by molar-refractivity contribution is -0.137. The Balaban J connectivity index is 1.83. The van der Waals surface area contributed by atoms with Gasteiger partial charge in [-0.05, 0) is 36.9 Å². The molecule has 8 heteroatoms. The minimum atomic E-state index is -4.42. The smallest absolute Gasteiger partial charge is 0.368 e. The molecule has 2 aromatic carbocycles. The molecule has 0 saturated carbocycles. The van der Waals surface area contributed by atoms with Crippen LogP contribution in [0.1, 0.15) is 19.4 Å². The molecule has 33 heavy (non-hydrogen) atoms. The first kappa shape index (κ1) is 22.8. The van der Waals surface area contributed by atoms with Gasteiger partial charge in [-0.2, -0.15) is 13.2 Å². The zero-order valence-electron chi connectivity index (χ0n) is 18.6. The van der Waals surface area contributed by atoms with E-state index in [0.29, 0.717) is 23.7 Å². The average Bonchev–Trinajstić information content (AvgIpc) is 3.23. The van der Waals surface area contributed by atoms with Gasteiger partial charge in [0.15, 0.2) is 5.65 Å². The van der Waals surface area contributed by atoms with Gasteiger partial charge in [-0.15, -0.1) is 0 Å². The summed E-state index contributed by atoms with van der Waals surface area (Å²) in [6.07, 6.45) is -1.14. The van der Waals surface area contributed by atoms with E-state index in [1.165, 1.54) is 12.4 Å². The highest BCUT2D eigenvalue weighted by atomic mass is 19.4. The maximum absolute atomic E-state index is 13.3. The summed E-state index contributed by atoms with van der Waals surface area (Å²) < 4.78 is 41.7. The Morgan fingerprint density at radius 1 is 0.970 bits per heavy atom. The van der Waals surface area contributed by atoms with E-state index < -0.39 is 11.7 Å². The quantitative estimate of drug-likeness (QED) is 0.363. The van der Waals surface area contributed by atoms with Gasteiger partial charge in [0, 0.05) is 30.5 Å². The first-order chi connectivity index (χ1) is 15.9. The first-order valence-corrected chi connectivity index (χ1v) is 11.0. The van der Waals surface area contributed by atoms with Crippen molar-refractivity contribution >= 4 is 16.9 Å². The number of halogens is 3. The normalized spacial score (nSPS) is 11.9. The van der Waals surface area contributed by atoms with Crippen molar-refractivity contribution in [2.45, 2.75) is 20.0 Å².